The van der Waals surface area contributed by atoms with E-state index in [0.29, 0.717) is 18.8 Å². The van der Waals surface area contributed by atoms with E-state index < -0.39 is 12.0 Å². The summed E-state index contributed by atoms with van der Waals surface area (Å²) in [6.07, 6.45) is 2.99. The minimum Gasteiger partial charge on any atom is -0.480 e. The third-order valence-electron chi connectivity index (χ3n) is 2.99. The van der Waals surface area contributed by atoms with Crippen molar-refractivity contribution < 1.29 is 14.7 Å². The first kappa shape index (κ1) is 14.0. The van der Waals surface area contributed by atoms with Crippen LogP contribution in [0.1, 0.15) is 12.8 Å². The van der Waals surface area contributed by atoms with Crippen molar-refractivity contribution in [3.8, 4) is 0 Å². The van der Waals surface area contributed by atoms with Crippen molar-refractivity contribution >= 4 is 33.6 Å². The first-order valence-electron chi connectivity index (χ1n) is 5.94. The summed E-state index contributed by atoms with van der Waals surface area (Å²) >= 11 is 3.26. The van der Waals surface area contributed by atoms with Crippen LogP contribution in [0.2, 0.25) is 0 Å². The molecule has 0 saturated carbocycles. The standard InChI is InChI=1S/C12H14BrN3O3/c13-8-3-4-10(14-6-8)15-11(17)7-16-5-1-2-9(16)12(18)19/h3-4,6,9H,1-2,5,7H2,(H,18,19)(H,14,15,17)/t9-/m0/s1. The molecule has 2 rings (SSSR count). The molecule has 1 aromatic rings. The second kappa shape index (κ2) is 6.12. The third-order valence-corrected chi connectivity index (χ3v) is 3.46. The number of pyridine rings is 1. The van der Waals surface area contributed by atoms with Gasteiger partial charge in [0.25, 0.3) is 0 Å². The topological polar surface area (TPSA) is 82.5 Å². The number of likely N-dealkylation sites (tertiary alicyclic amines) is 1. The molecule has 0 unspecified atom stereocenters. The summed E-state index contributed by atoms with van der Waals surface area (Å²) in [5.41, 5.74) is 0. The number of nitrogens with zero attached hydrogens (tertiary/aromatic N) is 2. The van der Waals surface area contributed by atoms with E-state index in [9.17, 15) is 9.59 Å². The molecule has 1 aliphatic heterocycles. The van der Waals surface area contributed by atoms with Gasteiger partial charge in [-0.15, -0.1) is 0 Å². The molecule has 2 heterocycles. The number of amides is 1. The van der Waals surface area contributed by atoms with Crippen molar-refractivity contribution in [2.24, 2.45) is 0 Å². The lowest BCUT2D eigenvalue weighted by molar-refractivity contribution is -0.142. The van der Waals surface area contributed by atoms with E-state index in [0.717, 1.165) is 10.9 Å². The Morgan fingerprint density at radius 3 is 2.95 bits per heavy atom. The van der Waals surface area contributed by atoms with Crippen molar-refractivity contribution in [1.29, 1.82) is 0 Å². The normalized spacial score (nSPS) is 19.3. The first-order valence-corrected chi connectivity index (χ1v) is 6.74. The molecule has 1 saturated heterocycles. The number of aliphatic carboxylic acids is 1. The predicted octanol–water partition coefficient (Wildman–Crippen LogP) is 1.33. The Hall–Kier alpha value is -1.47. The monoisotopic (exact) mass is 327 g/mol. The van der Waals surface area contributed by atoms with E-state index in [-0.39, 0.29) is 12.5 Å². The molecule has 1 aromatic heterocycles. The lowest BCUT2D eigenvalue weighted by Gasteiger charge is -2.19. The number of anilines is 1. The summed E-state index contributed by atoms with van der Waals surface area (Å²) in [6, 6.07) is 2.91. The van der Waals surface area contributed by atoms with Gasteiger partial charge in [-0.25, -0.2) is 4.98 Å². The lowest BCUT2D eigenvalue weighted by atomic mass is 10.2. The summed E-state index contributed by atoms with van der Waals surface area (Å²) in [6.45, 7) is 0.715. The Balaban J connectivity index is 1.90. The van der Waals surface area contributed by atoms with Gasteiger partial charge in [-0.2, -0.15) is 0 Å². The molecule has 7 heteroatoms. The minimum atomic E-state index is -0.868. The maximum Gasteiger partial charge on any atom is 0.320 e. The van der Waals surface area contributed by atoms with Gasteiger partial charge in [-0.1, -0.05) is 0 Å². The number of carbonyl (C=O) groups excluding carboxylic acids is 1. The fourth-order valence-corrected chi connectivity index (χ4v) is 2.35. The number of carboxylic acids is 1. The Kier molecular flexibility index (Phi) is 4.49. The lowest BCUT2D eigenvalue weighted by Crippen LogP contribution is -2.41. The molecular weight excluding hydrogens is 314 g/mol. The molecule has 1 atom stereocenters. The van der Waals surface area contributed by atoms with E-state index in [4.69, 9.17) is 5.11 Å². The van der Waals surface area contributed by atoms with Crippen LogP contribution in [-0.2, 0) is 9.59 Å². The van der Waals surface area contributed by atoms with Gasteiger partial charge < -0.3 is 10.4 Å². The van der Waals surface area contributed by atoms with Crippen LogP contribution in [0.5, 0.6) is 0 Å². The van der Waals surface area contributed by atoms with Crippen molar-refractivity contribution in [2.45, 2.75) is 18.9 Å². The predicted molar refractivity (Wildman–Crippen MR) is 72.8 cm³/mol. The maximum atomic E-state index is 11.8. The highest BCUT2D eigenvalue weighted by Crippen LogP contribution is 2.17. The van der Waals surface area contributed by atoms with Crippen LogP contribution in [0.4, 0.5) is 5.82 Å². The van der Waals surface area contributed by atoms with Crippen LogP contribution in [0.15, 0.2) is 22.8 Å². The summed E-state index contributed by atoms with van der Waals surface area (Å²) in [5, 5.41) is 11.7. The first-order chi connectivity index (χ1) is 9.06. The average Bonchev–Trinajstić information content (AvgIpc) is 2.80. The van der Waals surface area contributed by atoms with Gasteiger partial charge in [0.05, 0.1) is 6.54 Å². The molecule has 0 radical (unpaired) electrons. The number of nitrogens with one attached hydrogen (secondary N) is 1. The van der Waals surface area contributed by atoms with Crippen LogP contribution in [0.3, 0.4) is 0 Å². The summed E-state index contributed by atoms with van der Waals surface area (Å²) in [5.74, 6) is -0.658. The van der Waals surface area contributed by atoms with Crippen molar-refractivity contribution in [1.82, 2.24) is 9.88 Å². The van der Waals surface area contributed by atoms with Crippen LogP contribution in [0.25, 0.3) is 0 Å². The highest BCUT2D eigenvalue weighted by Gasteiger charge is 2.31. The molecular formula is C12H14BrN3O3. The smallest absolute Gasteiger partial charge is 0.320 e. The highest BCUT2D eigenvalue weighted by molar-refractivity contribution is 9.10. The van der Waals surface area contributed by atoms with Crippen molar-refractivity contribution in [3.05, 3.63) is 22.8 Å². The quantitative estimate of drug-likeness (QED) is 0.871. The van der Waals surface area contributed by atoms with Gasteiger partial charge in [0, 0.05) is 10.7 Å². The number of carboxylic acid groups (broad SMARTS) is 1. The molecule has 1 fully saturated rings. The Morgan fingerprint density at radius 1 is 1.53 bits per heavy atom. The SMILES string of the molecule is O=C(CN1CCC[C@H]1C(=O)O)Nc1ccc(Br)cn1. The molecule has 102 valence electrons. The highest BCUT2D eigenvalue weighted by atomic mass is 79.9. The Morgan fingerprint density at radius 2 is 2.32 bits per heavy atom. The van der Waals surface area contributed by atoms with Crippen molar-refractivity contribution in [2.75, 3.05) is 18.4 Å². The van der Waals surface area contributed by atoms with Gasteiger partial charge in [0.1, 0.15) is 11.9 Å². The summed E-state index contributed by atoms with van der Waals surface area (Å²) < 4.78 is 0.830. The van der Waals surface area contributed by atoms with Crippen LogP contribution in [-0.4, -0.2) is 46.0 Å². The number of hydrogen-bond donors (Lipinski definition) is 2. The second-order valence-electron chi connectivity index (χ2n) is 4.38. The molecule has 1 aliphatic rings. The molecule has 1 amide bonds. The zero-order chi connectivity index (χ0) is 13.8. The Labute approximate surface area is 118 Å². The van der Waals surface area contributed by atoms with Crippen LogP contribution < -0.4 is 5.32 Å². The van der Waals surface area contributed by atoms with E-state index in [2.05, 4.69) is 26.2 Å². The van der Waals surface area contributed by atoms with Crippen LogP contribution >= 0.6 is 15.9 Å². The van der Waals surface area contributed by atoms with Gasteiger partial charge in [0.15, 0.2) is 0 Å². The maximum absolute atomic E-state index is 11.8. The average molecular weight is 328 g/mol. The van der Waals surface area contributed by atoms with Gasteiger partial charge in [-0.3, -0.25) is 14.5 Å². The van der Waals surface area contributed by atoms with E-state index in [1.807, 2.05) is 0 Å². The summed E-state index contributed by atoms with van der Waals surface area (Å²) in [4.78, 5) is 28.5. The third kappa shape index (κ3) is 3.74. The molecule has 0 aliphatic carbocycles. The fraction of sp³-hybridized carbons (Fsp3) is 0.417. The number of rotatable bonds is 4. The molecule has 19 heavy (non-hydrogen) atoms. The minimum absolute atomic E-state index is 0.0781. The van der Waals surface area contributed by atoms with Gasteiger partial charge >= 0.3 is 5.97 Å². The summed E-state index contributed by atoms with van der Waals surface area (Å²) in [7, 11) is 0. The molecule has 0 aromatic carbocycles. The van der Waals surface area contributed by atoms with Gasteiger partial charge in [0.2, 0.25) is 5.91 Å². The fourth-order valence-electron chi connectivity index (χ4n) is 2.11. The largest absolute Gasteiger partial charge is 0.480 e. The van der Waals surface area contributed by atoms with E-state index >= 15 is 0 Å². The molecule has 2 N–H and O–H groups in total. The number of aromatic nitrogens is 1. The number of carbonyl (C=O) groups is 2. The zero-order valence-corrected chi connectivity index (χ0v) is 11.8. The zero-order valence-electron chi connectivity index (χ0n) is 10.2. The van der Waals surface area contributed by atoms with E-state index in [1.54, 1.807) is 23.2 Å². The molecule has 0 spiro atoms. The van der Waals surface area contributed by atoms with Crippen molar-refractivity contribution in [3.63, 3.8) is 0 Å². The molecule has 6 nitrogen and oxygen atoms in total. The number of hydrogen-bond acceptors (Lipinski definition) is 4. The van der Waals surface area contributed by atoms with Gasteiger partial charge in [-0.05, 0) is 47.4 Å². The number of halogens is 1. The van der Waals surface area contributed by atoms with E-state index in [1.165, 1.54) is 0 Å². The van der Waals surface area contributed by atoms with Crippen LogP contribution in [0, 0.1) is 0 Å². The molecule has 0 bridgehead atoms. The Bertz CT molecular complexity index is 478. The second-order valence-corrected chi connectivity index (χ2v) is 5.29.